The van der Waals surface area contributed by atoms with Gasteiger partial charge in [0.25, 0.3) is 0 Å². The lowest BCUT2D eigenvalue weighted by Gasteiger charge is -2.29. The zero-order valence-electron chi connectivity index (χ0n) is 13.2. The molecule has 5 nitrogen and oxygen atoms in total. The van der Waals surface area contributed by atoms with Crippen molar-refractivity contribution in [1.82, 2.24) is 10.3 Å². The first-order chi connectivity index (χ1) is 10.6. The van der Waals surface area contributed by atoms with Crippen LogP contribution in [0.15, 0.2) is 36.4 Å². The van der Waals surface area contributed by atoms with Gasteiger partial charge in [0.2, 0.25) is 5.91 Å². The smallest absolute Gasteiger partial charge is 0.223 e. The van der Waals surface area contributed by atoms with Gasteiger partial charge in [-0.1, -0.05) is 24.3 Å². The quantitative estimate of drug-likeness (QED) is 0.771. The second-order valence-corrected chi connectivity index (χ2v) is 5.95. The summed E-state index contributed by atoms with van der Waals surface area (Å²) in [6, 6.07) is 11.6. The molecule has 1 saturated carbocycles. The highest BCUT2D eigenvalue weighted by Crippen LogP contribution is 2.23. The number of nitrogens with two attached hydrogens (primary N) is 1. The minimum absolute atomic E-state index is 0. The number of hydrogen-bond acceptors (Lipinski definition) is 4. The highest BCUT2D eigenvalue weighted by molar-refractivity contribution is 5.85. The number of fused-ring (bicyclic) bond motifs is 1. The van der Waals surface area contributed by atoms with Crippen molar-refractivity contribution in [1.29, 1.82) is 0 Å². The first kappa shape index (κ1) is 20.6. The molecule has 0 unspecified atom stereocenters. The highest BCUT2D eigenvalue weighted by atomic mass is 35.5. The molecule has 0 aliphatic heterocycles. The number of halogens is 2. The average molecular weight is 372 g/mol. The molecule has 1 aromatic heterocycles. The van der Waals surface area contributed by atoms with Crippen LogP contribution < -0.4 is 11.1 Å². The second kappa shape index (κ2) is 9.18. The number of nitrogens with zero attached hydrogens (tertiary/aromatic N) is 1. The van der Waals surface area contributed by atoms with Crippen LogP contribution in [0, 0.1) is 5.92 Å². The lowest BCUT2D eigenvalue weighted by atomic mass is 9.84. The van der Waals surface area contributed by atoms with E-state index in [2.05, 4.69) is 10.3 Å². The summed E-state index contributed by atoms with van der Waals surface area (Å²) < 4.78 is 0. The van der Waals surface area contributed by atoms with Crippen LogP contribution in [0.1, 0.15) is 25.0 Å². The van der Waals surface area contributed by atoms with Crippen LogP contribution in [-0.2, 0) is 11.3 Å². The van der Waals surface area contributed by atoms with E-state index in [1.165, 1.54) is 0 Å². The Bertz CT molecular complexity index is 684. The molecule has 3 atom stereocenters. The van der Waals surface area contributed by atoms with Gasteiger partial charge in [-0.15, -0.1) is 24.8 Å². The molecule has 1 aromatic carbocycles. The fourth-order valence-electron chi connectivity index (χ4n) is 2.94. The average Bonchev–Trinajstić information content (AvgIpc) is 2.55. The molecule has 132 valence electrons. The van der Waals surface area contributed by atoms with Gasteiger partial charge in [0.15, 0.2) is 0 Å². The third-order valence-corrected chi connectivity index (χ3v) is 4.34. The van der Waals surface area contributed by atoms with Crippen LogP contribution in [0.2, 0.25) is 0 Å². The van der Waals surface area contributed by atoms with Crippen molar-refractivity contribution in [3.63, 3.8) is 0 Å². The van der Waals surface area contributed by atoms with E-state index in [0.29, 0.717) is 19.4 Å². The van der Waals surface area contributed by atoms with E-state index >= 15 is 0 Å². The molecular formula is C17H23Cl2N3O2. The lowest BCUT2D eigenvalue weighted by molar-refractivity contribution is -0.127. The van der Waals surface area contributed by atoms with Crippen LogP contribution in [-0.4, -0.2) is 28.1 Å². The molecule has 1 aliphatic carbocycles. The Labute approximate surface area is 153 Å². The number of pyridine rings is 1. The van der Waals surface area contributed by atoms with E-state index in [1.807, 2.05) is 36.4 Å². The molecule has 1 amide bonds. The normalized spacial score (nSPS) is 23.0. The predicted octanol–water partition coefficient (Wildman–Crippen LogP) is 2.18. The predicted molar refractivity (Wildman–Crippen MR) is 99.4 cm³/mol. The van der Waals surface area contributed by atoms with Gasteiger partial charge >= 0.3 is 0 Å². The maximum Gasteiger partial charge on any atom is 0.223 e. The summed E-state index contributed by atoms with van der Waals surface area (Å²) >= 11 is 0. The molecule has 1 fully saturated rings. The molecule has 0 saturated heterocycles. The van der Waals surface area contributed by atoms with Crippen molar-refractivity contribution in [3.8, 4) is 0 Å². The van der Waals surface area contributed by atoms with Gasteiger partial charge in [-0.05, 0) is 31.4 Å². The van der Waals surface area contributed by atoms with Crippen molar-refractivity contribution in [2.75, 3.05) is 0 Å². The van der Waals surface area contributed by atoms with E-state index in [1.54, 1.807) is 0 Å². The van der Waals surface area contributed by atoms with E-state index < -0.39 is 6.10 Å². The van der Waals surface area contributed by atoms with Crippen LogP contribution in [0.3, 0.4) is 0 Å². The Morgan fingerprint density at radius 3 is 2.71 bits per heavy atom. The molecule has 0 radical (unpaired) electrons. The molecule has 1 heterocycles. The maximum absolute atomic E-state index is 12.2. The molecule has 7 heteroatoms. The molecule has 1 aliphatic rings. The largest absolute Gasteiger partial charge is 0.391 e. The monoisotopic (exact) mass is 371 g/mol. The summed E-state index contributed by atoms with van der Waals surface area (Å²) in [6.07, 6.45) is 1.28. The van der Waals surface area contributed by atoms with E-state index in [4.69, 9.17) is 5.73 Å². The fraction of sp³-hybridized carbons (Fsp3) is 0.412. The number of nitrogens with one attached hydrogen (secondary N) is 1. The SMILES string of the molecule is Cl.Cl.N[C@H]1CC[C@H](C(=O)NCc2ccc3ccccc3n2)C[C@@H]1O. The van der Waals surface area contributed by atoms with Gasteiger partial charge in [-0.25, -0.2) is 0 Å². The van der Waals surface area contributed by atoms with Crippen LogP contribution in [0.5, 0.6) is 0 Å². The van der Waals surface area contributed by atoms with E-state index in [9.17, 15) is 9.90 Å². The molecule has 3 rings (SSSR count). The summed E-state index contributed by atoms with van der Waals surface area (Å²) in [5.41, 5.74) is 7.52. The zero-order chi connectivity index (χ0) is 15.5. The topological polar surface area (TPSA) is 88.2 Å². The van der Waals surface area contributed by atoms with Gasteiger partial charge in [-0.2, -0.15) is 0 Å². The van der Waals surface area contributed by atoms with Gasteiger partial charge < -0.3 is 16.2 Å². The molecule has 4 N–H and O–H groups in total. The second-order valence-electron chi connectivity index (χ2n) is 5.95. The zero-order valence-corrected chi connectivity index (χ0v) is 14.9. The summed E-state index contributed by atoms with van der Waals surface area (Å²) in [5, 5.41) is 13.8. The van der Waals surface area contributed by atoms with Gasteiger partial charge in [-0.3, -0.25) is 9.78 Å². The molecule has 0 bridgehead atoms. The Morgan fingerprint density at radius 1 is 1.21 bits per heavy atom. The van der Waals surface area contributed by atoms with E-state index in [0.717, 1.165) is 23.0 Å². The minimum atomic E-state index is -0.580. The number of amides is 1. The van der Waals surface area contributed by atoms with Crippen molar-refractivity contribution in [2.45, 2.75) is 38.0 Å². The number of hydrogen-bond donors (Lipinski definition) is 3. The number of para-hydroxylation sites is 1. The van der Waals surface area contributed by atoms with Gasteiger partial charge in [0.05, 0.1) is 23.9 Å². The summed E-state index contributed by atoms with van der Waals surface area (Å²) in [5.74, 6) is -0.184. The van der Waals surface area contributed by atoms with Crippen LogP contribution in [0.4, 0.5) is 0 Å². The van der Waals surface area contributed by atoms with Crippen LogP contribution >= 0.6 is 24.8 Å². The Hall–Kier alpha value is -1.40. The number of aromatic nitrogens is 1. The van der Waals surface area contributed by atoms with Crippen molar-refractivity contribution in [2.24, 2.45) is 11.7 Å². The fourth-order valence-corrected chi connectivity index (χ4v) is 2.94. The number of carbonyl (C=O) groups is 1. The Morgan fingerprint density at radius 2 is 1.96 bits per heavy atom. The summed E-state index contributed by atoms with van der Waals surface area (Å²) in [7, 11) is 0. The number of aliphatic hydroxyl groups excluding tert-OH is 1. The van der Waals surface area contributed by atoms with Crippen molar-refractivity contribution < 1.29 is 9.90 Å². The summed E-state index contributed by atoms with van der Waals surface area (Å²) in [6.45, 7) is 0.405. The summed E-state index contributed by atoms with van der Waals surface area (Å²) in [4.78, 5) is 16.7. The van der Waals surface area contributed by atoms with Crippen molar-refractivity contribution in [3.05, 3.63) is 42.1 Å². The molecule has 24 heavy (non-hydrogen) atoms. The number of carbonyl (C=O) groups excluding carboxylic acids is 1. The number of rotatable bonds is 3. The Kier molecular flexibility index (Phi) is 7.90. The maximum atomic E-state index is 12.2. The van der Waals surface area contributed by atoms with Crippen LogP contribution in [0.25, 0.3) is 10.9 Å². The Balaban J connectivity index is 0.00000144. The lowest BCUT2D eigenvalue weighted by Crippen LogP contribution is -2.44. The first-order valence-corrected chi connectivity index (χ1v) is 7.69. The standard InChI is InChI=1S/C17H21N3O2.2ClH/c18-14-8-6-12(9-16(14)21)17(22)19-10-13-7-5-11-3-1-2-4-15(11)20-13;;/h1-5,7,12,14,16,21H,6,8-10,18H2,(H,19,22);2*1H/t12-,14-,16-;;/m0../s1. The van der Waals surface area contributed by atoms with Gasteiger partial charge in [0, 0.05) is 17.3 Å². The van der Waals surface area contributed by atoms with Crippen molar-refractivity contribution >= 4 is 41.6 Å². The third-order valence-electron chi connectivity index (χ3n) is 4.34. The van der Waals surface area contributed by atoms with Gasteiger partial charge in [0.1, 0.15) is 0 Å². The number of benzene rings is 1. The number of aliphatic hydroxyl groups is 1. The first-order valence-electron chi connectivity index (χ1n) is 7.69. The van der Waals surface area contributed by atoms with E-state index in [-0.39, 0.29) is 42.7 Å². The molecule has 2 aromatic rings. The third kappa shape index (κ3) is 4.80. The highest BCUT2D eigenvalue weighted by Gasteiger charge is 2.30. The molecular weight excluding hydrogens is 349 g/mol. The minimum Gasteiger partial charge on any atom is -0.391 e. The molecule has 0 spiro atoms.